The average Bonchev–Trinajstić information content (AvgIpc) is 3.75. The zero-order valence-corrected chi connectivity index (χ0v) is 30.5. The van der Waals surface area contributed by atoms with Gasteiger partial charge >= 0.3 is 17.1 Å². The molecule has 1 saturated heterocycles. The molecule has 2 fully saturated rings. The van der Waals surface area contributed by atoms with E-state index in [1.165, 1.54) is 41.6 Å². The van der Waals surface area contributed by atoms with Gasteiger partial charge in [0.15, 0.2) is 16.6 Å². The van der Waals surface area contributed by atoms with E-state index in [0.29, 0.717) is 12.2 Å². The van der Waals surface area contributed by atoms with Gasteiger partial charge in [0, 0.05) is 0 Å². The maximum Gasteiger partial charge on any atom is 0.388 e. The minimum atomic E-state index is -3.10. The van der Waals surface area contributed by atoms with Gasteiger partial charge in [0.25, 0.3) is 0 Å². The molecule has 1 saturated carbocycles. The van der Waals surface area contributed by atoms with E-state index in [-0.39, 0.29) is 0 Å². The van der Waals surface area contributed by atoms with Crippen molar-refractivity contribution in [3.8, 4) is 0 Å². The van der Waals surface area contributed by atoms with Gasteiger partial charge in [0.2, 0.25) is 0 Å². The third-order valence-electron chi connectivity index (χ3n) is 8.77. The molecular weight excluding hydrogens is 585 g/mol. The maximum absolute atomic E-state index is 7.60. The Labute approximate surface area is 258 Å². The van der Waals surface area contributed by atoms with Crippen LogP contribution in [0.4, 0.5) is 0 Å². The highest BCUT2D eigenvalue weighted by Gasteiger charge is 2.52. The third-order valence-corrected chi connectivity index (χ3v) is 24.6. The van der Waals surface area contributed by atoms with Gasteiger partial charge in [-0.25, -0.2) is 0 Å². The molecule has 4 nitrogen and oxygen atoms in total. The van der Waals surface area contributed by atoms with Crippen molar-refractivity contribution >= 4 is 44.1 Å². The number of aryl methyl sites for hydroxylation is 1. The lowest BCUT2D eigenvalue weighted by molar-refractivity contribution is 0.333. The monoisotopic (exact) mass is 634 g/mol. The zero-order chi connectivity index (χ0) is 29.8. The van der Waals surface area contributed by atoms with Gasteiger partial charge in [-0.3, -0.25) is 0 Å². The molecule has 0 radical (unpaired) electrons. The Morgan fingerprint density at radius 3 is 1.74 bits per heavy atom. The van der Waals surface area contributed by atoms with Crippen LogP contribution in [0.15, 0.2) is 91.0 Å². The number of benzene rings is 3. The molecular formula is C34H50O4Si4. The molecule has 3 aromatic carbocycles. The molecule has 42 heavy (non-hydrogen) atoms. The van der Waals surface area contributed by atoms with E-state index in [9.17, 15) is 0 Å². The van der Waals surface area contributed by atoms with Crippen molar-refractivity contribution in [1.29, 1.82) is 0 Å². The van der Waals surface area contributed by atoms with Crippen LogP contribution in [0, 0.1) is 5.92 Å². The number of hydrogen-bond donors (Lipinski definition) is 0. The maximum atomic E-state index is 7.60. The Bertz CT molecular complexity index is 1230. The SMILES string of the molecule is C[Si](C)(CCc1ccccc1)O[Si](C)(C)O[Si](O[Si](C)(C)CCC1CCC2OC2C1)(c1ccccc1)c1ccccc1. The summed E-state index contributed by atoms with van der Waals surface area (Å²) in [6.07, 6.45) is 7.08. The fourth-order valence-corrected chi connectivity index (χ4v) is 25.2. The van der Waals surface area contributed by atoms with Crippen LogP contribution in [-0.4, -0.2) is 46.0 Å². The molecule has 1 heterocycles. The molecule has 0 aromatic heterocycles. The summed E-state index contributed by atoms with van der Waals surface area (Å²) < 4.78 is 28.1. The lowest BCUT2D eigenvalue weighted by Crippen LogP contribution is -2.71. The van der Waals surface area contributed by atoms with Crippen molar-refractivity contribution < 1.29 is 17.1 Å². The first kappa shape index (κ1) is 31.8. The molecule has 3 aromatic rings. The number of hydrogen-bond acceptors (Lipinski definition) is 4. The molecule has 2 aliphatic rings. The summed E-state index contributed by atoms with van der Waals surface area (Å²) in [5, 5.41) is 2.35. The highest BCUT2D eigenvalue weighted by Crippen LogP contribution is 2.42. The smallest absolute Gasteiger partial charge is 0.388 e. The fraction of sp³-hybridized carbons (Fsp3) is 0.471. The Kier molecular flexibility index (Phi) is 9.96. The number of fused-ring (bicyclic) bond motifs is 1. The standard InChI is InChI=1S/C34H50O4Si4/c1-39(2,26-24-29-16-10-7-11-17-29)36-41(5,6)38-42(31-18-12-8-13-19-31,32-20-14-9-15-21-32)37-40(3,4)27-25-30-22-23-33-34(28-30)35-33/h7-21,30,33-34H,22-28H2,1-6H3. The lowest BCUT2D eigenvalue weighted by Gasteiger charge is -2.44. The molecule has 1 aliphatic carbocycles. The van der Waals surface area contributed by atoms with E-state index >= 15 is 0 Å². The van der Waals surface area contributed by atoms with Gasteiger partial charge in [-0.2, -0.15) is 0 Å². The molecule has 3 unspecified atom stereocenters. The van der Waals surface area contributed by atoms with E-state index in [0.717, 1.165) is 24.4 Å². The molecule has 0 bridgehead atoms. The highest BCUT2D eigenvalue weighted by atomic mass is 28.5. The first-order chi connectivity index (χ1) is 20.0. The highest BCUT2D eigenvalue weighted by molar-refractivity contribution is 7.02. The van der Waals surface area contributed by atoms with Gasteiger partial charge in [-0.15, -0.1) is 0 Å². The van der Waals surface area contributed by atoms with Crippen molar-refractivity contribution in [2.75, 3.05) is 0 Å². The predicted molar refractivity (Wildman–Crippen MR) is 184 cm³/mol. The Hall–Kier alpha value is -1.63. The van der Waals surface area contributed by atoms with Gasteiger partial charge < -0.3 is 17.1 Å². The van der Waals surface area contributed by atoms with Crippen LogP contribution in [0.5, 0.6) is 0 Å². The molecule has 8 heteroatoms. The number of rotatable bonds is 14. The summed E-state index contributed by atoms with van der Waals surface area (Å²) in [6, 6.07) is 34.5. The second-order valence-corrected chi connectivity index (χ2v) is 29.7. The summed E-state index contributed by atoms with van der Waals surface area (Å²) in [6.45, 7) is 14.0. The number of epoxide rings is 1. The largest absolute Gasteiger partial charge is 0.436 e. The predicted octanol–water partition coefficient (Wildman–Crippen LogP) is 7.61. The van der Waals surface area contributed by atoms with E-state index in [1.807, 2.05) is 0 Å². The lowest BCUT2D eigenvalue weighted by atomic mass is 9.88. The van der Waals surface area contributed by atoms with Gasteiger partial charge in [0.05, 0.1) is 12.2 Å². The summed E-state index contributed by atoms with van der Waals surface area (Å²) in [5.74, 6) is 0.750. The van der Waals surface area contributed by atoms with E-state index in [2.05, 4.69) is 130 Å². The quantitative estimate of drug-likeness (QED) is 0.135. The van der Waals surface area contributed by atoms with Crippen LogP contribution >= 0.6 is 0 Å². The van der Waals surface area contributed by atoms with Gasteiger partial charge in [-0.05, 0) is 98.9 Å². The first-order valence-electron chi connectivity index (χ1n) is 15.9. The Balaban J connectivity index is 1.40. The third kappa shape index (κ3) is 8.50. The topological polar surface area (TPSA) is 40.2 Å². The molecule has 1 aliphatic heterocycles. The van der Waals surface area contributed by atoms with Crippen molar-refractivity contribution in [1.82, 2.24) is 0 Å². The number of ether oxygens (including phenoxy) is 1. The fourth-order valence-electron chi connectivity index (χ4n) is 6.65. The molecule has 5 rings (SSSR count). The Morgan fingerprint density at radius 2 is 1.17 bits per heavy atom. The second kappa shape index (κ2) is 13.2. The Morgan fingerprint density at radius 1 is 0.619 bits per heavy atom. The van der Waals surface area contributed by atoms with Crippen molar-refractivity contribution in [2.24, 2.45) is 5.92 Å². The average molecular weight is 635 g/mol. The van der Waals surface area contributed by atoms with Crippen LogP contribution in [0.3, 0.4) is 0 Å². The van der Waals surface area contributed by atoms with Crippen molar-refractivity contribution in [2.45, 2.75) is 95.7 Å². The molecule has 0 spiro atoms. The van der Waals surface area contributed by atoms with Crippen LogP contribution in [-0.2, 0) is 23.5 Å². The molecule has 0 N–H and O–H groups in total. The van der Waals surface area contributed by atoms with Crippen molar-refractivity contribution in [3.63, 3.8) is 0 Å². The molecule has 226 valence electrons. The van der Waals surface area contributed by atoms with Crippen LogP contribution in [0.1, 0.15) is 31.2 Å². The van der Waals surface area contributed by atoms with Crippen LogP contribution < -0.4 is 10.4 Å². The van der Waals surface area contributed by atoms with E-state index < -0.39 is 33.8 Å². The van der Waals surface area contributed by atoms with E-state index in [4.69, 9.17) is 17.1 Å². The molecule has 0 amide bonds. The zero-order valence-electron chi connectivity index (χ0n) is 26.5. The summed E-state index contributed by atoms with van der Waals surface area (Å²) in [4.78, 5) is 0. The summed E-state index contributed by atoms with van der Waals surface area (Å²) in [5.41, 5.74) is 1.37. The normalized spacial score (nSPS) is 21.1. The minimum absolute atomic E-state index is 0.526. The van der Waals surface area contributed by atoms with Gasteiger partial charge in [0.1, 0.15) is 0 Å². The summed E-state index contributed by atoms with van der Waals surface area (Å²) >= 11 is 0. The minimum Gasteiger partial charge on any atom is -0.436 e. The van der Waals surface area contributed by atoms with Crippen LogP contribution in [0.2, 0.25) is 51.4 Å². The van der Waals surface area contributed by atoms with Gasteiger partial charge in [-0.1, -0.05) is 97.4 Å². The van der Waals surface area contributed by atoms with Crippen LogP contribution in [0.25, 0.3) is 0 Å². The molecule has 3 atom stereocenters. The first-order valence-corrected chi connectivity index (χ1v) is 26.7. The second-order valence-electron chi connectivity index (χ2n) is 14.0. The van der Waals surface area contributed by atoms with E-state index in [1.54, 1.807) is 0 Å². The summed E-state index contributed by atoms with van der Waals surface area (Å²) in [7, 11) is -9.89. The van der Waals surface area contributed by atoms with Crippen molar-refractivity contribution in [3.05, 3.63) is 96.6 Å².